The summed E-state index contributed by atoms with van der Waals surface area (Å²) in [6, 6.07) is 13.2. The van der Waals surface area contributed by atoms with E-state index in [1.165, 1.54) is 0 Å². The van der Waals surface area contributed by atoms with Gasteiger partial charge in [0, 0.05) is 17.8 Å². The molecule has 0 saturated heterocycles. The minimum Gasteiger partial charge on any atom is -0.321 e. The lowest BCUT2D eigenvalue weighted by atomic mass is 10.2. The highest BCUT2D eigenvalue weighted by atomic mass is 35.5. The molecular formula is C17H16ClN3OS. The van der Waals surface area contributed by atoms with Crippen LogP contribution in [0.3, 0.4) is 0 Å². The fourth-order valence-electron chi connectivity index (χ4n) is 2.24. The molecular weight excluding hydrogens is 330 g/mol. The number of carbonyl (C=O) groups excluding carboxylic acids is 1. The largest absolute Gasteiger partial charge is 0.321 e. The number of carbonyl (C=O) groups is 1. The minimum atomic E-state index is -0.172. The van der Waals surface area contributed by atoms with Gasteiger partial charge in [-0.15, -0.1) is 11.3 Å². The van der Waals surface area contributed by atoms with Crippen molar-refractivity contribution in [2.45, 2.75) is 13.5 Å². The first-order valence-corrected chi connectivity index (χ1v) is 8.35. The molecule has 3 aromatic rings. The molecule has 0 unspecified atom stereocenters. The molecule has 1 heterocycles. The zero-order valence-electron chi connectivity index (χ0n) is 12.8. The number of fused-ring (bicyclic) bond motifs is 1. The predicted molar refractivity (Wildman–Crippen MR) is 96.3 cm³/mol. The van der Waals surface area contributed by atoms with E-state index < -0.39 is 0 Å². The minimum absolute atomic E-state index is 0.172. The molecule has 0 aliphatic carbocycles. The number of aryl methyl sites for hydroxylation is 1. The topological polar surface area (TPSA) is 45.2 Å². The van der Waals surface area contributed by atoms with Crippen molar-refractivity contribution in [1.82, 2.24) is 9.88 Å². The van der Waals surface area contributed by atoms with Gasteiger partial charge in [-0.05, 0) is 42.8 Å². The van der Waals surface area contributed by atoms with Crippen LogP contribution in [0.2, 0.25) is 5.02 Å². The van der Waals surface area contributed by atoms with Crippen molar-refractivity contribution in [2.24, 2.45) is 0 Å². The van der Waals surface area contributed by atoms with Gasteiger partial charge >= 0.3 is 6.03 Å². The van der Waals surface area contributed by atoms with Crippen LogP contribution in [0.25, 0.3) is 10.2 Å². The standard InChI is InChI=1S/C17H16ClN3OS/c1-11-9-12(18)7-8-13(11)20-17(22)21(2)10-16-19-14-5-3-4-6-15(14)23-16/h3-9H,10H2,1-2H3,(H,20,22). The normalized spacial score (nSPS) is 10.7. The first-order chi connectivity index (χ1) is 11.0. The van der Waals surface area contributed by atoms with E-state index in [1.807, 2.05) is 37.3 Å². The van der Waals surface area contributed by atoms with Gasteiger partial charge in [0.05, 0.1) is 16.8 Å². The van der Waals surface area contributed by atoms with Crippen LogP contribution in [0.5, 0.6) is 0 Å². The van der Waals surface area contributed by atoms with Crippen molar-refractivity contribution < 1.29 is 4.79 Å². The van der Waals surface area contributed by atoms with Gasteiger partial charge in [0.25, 0.3) is 0 Å². The molecule has 0 aliphatic heterocycles. The van der Waals surface area contributed by atoms with E-state index in [0.29, 0.717) is 11.6 Å². The van der Waals surface area contributed by atoms with Crippen molar-refractivity contribution in [3.63, 3.8) is 0 Å². The van der Waals surface area contributed by atoms with Gasteiger partial charge < -0.3 is 10.2 Å². The second-order valence-corrected chi connectivity index (χ2v) is 6.87. The Balaban J connectivity index is 1.69. The summed E-state index contributed by atoms with van der Waals surface area (Å²) >= 11 is 7.54. The Bertz CT molecular complexity index is 829. The monoisotopic (exact) mass is 345 g/mol. The summed E-state index contributed by atoms with van der Waals surface area (Å²) in [6.45, 7) is 2.38. The fourth-order valence-corrected chi connectivity index (χ4v) is 3.49. The molecule has 0 aliphatic rings. The summed E-state index contributed by atoms with van der Waals surface area (Å²) in [7, 11) is 1.76. The number of amides is 2. The molecule has 0 bridgehead atoms. The smallest absolute Gasteiger partial charge is 0.321 e. The average Bonchev–Trinajstić information content (AvgIpc) is 2.92. The number of urea groups is 1. The van der Waals surface area contributed by atoms with Crippen molar-refractivity contribution in [3.8, 4) is 0 Å². The van der Waals surface area contributed by atoms with Crippen LogP contribution in [0, 0.1) is 6.92 Å². The Morgan fingerprint density at radius 1 is 1.30 bits per heavy atom. The quantitative estimate of drug-likeness (QED) is 0.732. The van der Waals surface area contributed by atoms with Crippen molar-refractivity contribution in [3.05, 3.63) is 58.1 Å². The number of rotatable bonds is 3. The van der Waals surface area contributed by atoms with Gasteiger partial charge in [0.15, 0.2) is 0 Å². The lowest BCUT2D eigenvalue weighted by Crippen LogP contribution is -2.31. The number of hydrogen-bond acceptors (Lipinski definition) is 3. The highest BCUT2D eigenvalue weighted by Crippen LogP contribution is 2.23. The van der Waals surface area contributed by atoms with Gasteiger partial charge in [-0.3, -0.25) is 0 Å². The van der Waals surface area contributed by atoms with E-state index in [1.54, 1.807) is 35.4 Å². The number of halogens is 1. The third kappa shape index (κ3) is 3.63. The van der Waals surface area contributed by atoms with Gasteiger partial charge in [-0.25, -0.2) is 9.78 Å². The summed E-state index contributed by atoms with van der Waals surface area (Å²) < 4.78 is 1.13. The van der Waals surface area contributed by atoms with E-state index in [-0.39, 0.29) is 6.03 Å². The number of benzene rings is 2. The molecule has 4 nitrogen and oxygen atoms in total. The molecule has 0 saturated carbocycles. The van der Waals surface area contributed by atoms with E-state index in [4.69, 9.17) is 11.6 Å². The second-order valence-electron chi connectivity index (χ2n) is 5.32. The van der Waals surface area contributed by atoms with Crippen molar-refractivity contribution >= 4 is 44.9 Å². The predicted octanol–water partition coefficient (Wildman–Crippen LogP) is 4.92. The van der Waals surface area contributed by atoms with Crippen LogP contribution in [-0.4, -0.2) is 23.0 Å². The number of aromatic nitrogens is 1. The fraction of sp³-hybridized carbons (Fsp3) is 0.176. The molecule has 3 rings (SSSR count). The summed E-state index contributed by atoms with van der Waals surface area (Å²) in [5.41, 5.74) is 2.66. The van der Waals surface area contributed by atoms with Gasteiger partial charge in [0.2, 0.25) is 0 Å². The van der Waals surface area contributed by atoms with E-state index in [0.717, 1.165) is 26.5 Å². The number of para-hydroxylation sites is 1. The first-order valence-electron chi connectivity index (χ1n) is 7.15. The first kappa shape index (κ1) is 15.8. The highest BCUT2D eigenvalue weighted by Gasteiger charge is 2.13. The van der Waals surface area contributed by atoms with E-state index in [2.05, 4.69) is 10.3 Å². The summed E-state index contributed by atoms with van der Waals surface area (Å²) in [4.78, 5) is 18.5. The molecule has 0 spiro atoms. The molecule has 23 heavy (non-hydrogen) atoms. The van der Waals surface area contributed by atoms with Crippen molar-refractivity contribution in [2.75, 3.05) is 12.4 Å². The van der Waals surface area contributed by atoms with Crippen LogP contribution in [0.4, 0.5) is 10.5 Å². The number of nitrogens with one attached hydrogen (secondary N) is 1. The summed E-state index contributed by atoms with van der Waals surface area (Å²) in [5, 5.41) is 4.47. The molecule has 118 valence electrons. The molecule has 2 amide bonds. The van der Waals surface area contributed by atoms with Crippen molar-refractivity contribution in [1.29, 1.82) is 0 Å². The van der Waals surface area contributed by atoms with Crippen LogP contribution >= 0.6 is 22.9 Å². The Morgan fingerprint density at radius 2 is 2.09 bits per heavy atom. The summed E-state index contributed by atoms with van der Waals surface area (Å²) in [5.74, 6) is 0. The average molecular weight is 346 g/mol. The number of nitrogens with zero attached hydrogens (tertiary/aromatic N) is 2. The van der Waals surface area contributed by atoms with Gasteiger partial charge in [0.1, 0.15) is 5.01 Å². The zero-order valence-corrected chi connectivity index (χ0v) is 14.4. The Hall–Kier alpha value is -2.11. The Labute approximate surface area is 143 Å². The molecule has 2 aromatic carbocycles. The zero-order chi connectivity index (χ0) is 16.4. The van der Waals surface area contributed by atoms with E-state index >= 15 is 0 Å². The number of thiazole rings is 1. The highest BCUT2D eigenvalue weighted by molar-refractivity contribution is 7.18. The van der Waals surface area contributed by atoms with Crippen LogP contribution in [0.1, 0.15) is 10.6 Å². The SMILES string of the molecule is Cc1cc(Cl)ccc1NC(=O)N(C)Cc1nc2ccccc2s1. The van der Waals surface area contributed by atoms with E-state index in [9.17, 15) is 4.79 Å². The maximum Gasteiger partial charge on any atom is 0.321 e. The van der Waals surface area contributed by atoms with Crippen LogP contribution in [0.15, 0.2) is 42.5 Å². The van der Waals surface area contributed by atoms with Gasteiger partial charge in [-0.1, -0.05) is 23.7 Å². The third-order valence-electron chi connectivity index (χ3n) is 3.49. The van der Waals surface area contributed by atoms with Crippen LogP contribution in [-0.2, 0) is 6.54 Å². The third-order valence-corrected chi connectivity index (χ3v) is 4.74. The molecule has 1 aromatic heterocycles. The van der Waals surface area contributed by atoms with Gasteiger partial charge in [-0.2, -0.15) is 0 Å². The maximum absolute atomic E-state index is 12.3. The number of anilines is 1. The molecule has 0 fully saturated rings. The second kappa shape index (κ2) is 6.56. The number of hydrogen-bond donors (Lipinski definition) is 1. The summed E-state index contributed by atoms with van der Waals surface area (Å²) in [6.07, 6.45) is 0. The Kier molecular flexibility index (Phi) is 4.50. The molecule has 6 heteroatoms. The van der Waals surface area contributed by atoms with Crippen LogP contribution < -0.4 is 5.32 Å². The Morgan fingerprint density at radius 3 is 2.83 bits per heavy atom. The molecule has 1 N–H and O–H groups in total. The maximum atomic E-state index is 12.3. The lowest BCUT2D eigenvalue weighted by Gasteiger charge is -2.17. The lowest BCUT2D eigenvalue weighted by molar-refractivity contribution is 0.220. The molecule has 0 atom stereocenters. The molecule has 0 radical (unpaired) electrons.